The van der Waals surface area contributed by atoms with Crippen LogP contribution in [0.4, 0.5) is 0 Å². The van der Waals surface area contributed by atoms with Crippen molar-refractivity contribution in [2.45, 2.75) is 19.4 Å². The van der Waals surface area contributed by atoms with Crippen molar-refractivity contribution in [2.75, 3.05) is 20.6 Å². The van der Waals surface area contributed by atoms with Crippen molar-refractivity contribution in [3.05, 3.63) is 108 Å². The second-order valence-corrected chi connectivity index (χ2v) is 7.43. The Kier molecular flexibility index (Phi) is 7.20. The highest BCUT2D eigenvalue weighted by atomic mass is 15.6. The van der Waals surface area contributed by atoms with Crippen LogP contribution in [-0.4, -0.2) is 30.7 Å². The molecular formula is C25H30N2. The minimum atomic E-state index is 0.556. The van der Waals surface area contributed by atoms with Gasteiger partial charge >= 0.3 is 0 Å². The van der Waals surface area contributed by atoms with Gasteiger partial charge < -0.3 is 0 Å². The van der Waals surface area contributed by atoms with E-state index in [1.807, 2.05) is 0 Å². The molecule has 3 aromatic rings. The molecule has 0 aliphatic rings. The maximum atomic E-state index is 2.45. The van der Waals surface area contributed by atoms with E-state index in [0.717, 1.165) is 25.9 Å². The third-order valence-electron chi connectivity index (χ3n) is 4.98. The summed E-state index contributed by atoms with van der Waals surface area (Å²) < 4.78 is 0. The molecule has 0 aliphatic heterocycles. The minimum absolute atomic E-state index is 0.556. The number of hydrogen-bond acceptors (Lipinski definition) is 2. The van der Waals surface area contributed by atoms with Crippen molar-refractivity contribution in [2.24, 2.45) is 5.92 Å². The third kappa shape index (κ3) is 6.35. The lowest BCUT2D eigenvalue weighted by atomic mass is 9.92. The predicted octanol–water partition coefficient (Wildman–Crippen LogP) is 5.07. The molecule has 0 saturated heterocycles. The third-order valence-corrected chi connectivity index (χ3v) is 4.98. The van der Waals surface area contributed by atoms with Crippen LogP contribution in [0.2, 0.25) is 0 Å². The summed E-state index contributed by atoms with van der Waals surface area (Å²) >= 11 is 0. The van der Waals surface area contributed by atoms with Gasteiger partial charge in [-0.1, -0.05) is 91.0 Å². The summed E-state index contributed by atoms with van der Waals surface area (Å²) in [6, 6.07) is 32.5. The highest BCUT2D eigenvalue weighted by Crippen LogP contribution is 2.18. The van der Waals surface area contributed by atoms with E-state index in [4.69, 9.17) is 0 Å². The van der Waals surface area contributed by atoms with Gasteiger partial charge in [0, 0.05) is 27.2 Å². The Hall–Kier alpha value is -2.42. The molecule has 140 valence electrons. The first kappa shape index (κ1) is 19.3. The molecule has 0 unspecified atom stereocenters. The fraction of sp³-hybridized carbons (Fsp3) is 0.280. The zero-order valence-electron chi connectivity index (χ0n) is 16.5. The molecule has 0 atom stereocenters. The van der Waals surface area contributed by atoms with Gasteiger partial charge in [0.2, 0.25) is 0 Å². The summed E-state index contributed by atoms with van der Waals surface area (Å²) in [6.07, 6.45) is 2.18. The Morgan fingerprint density at radius 3 is 1.41 bits per heavy atom. The van der Waals surface area contributed by atoms with Crippen LogP contribution in [-0.2, 0) is 19.4 Å². The second kappa shape index (κ2) is 10.1. The molecule has 2 heteroatoms. The second-order valence-electron chi connectivity index (χ2n) is 7.43. The summed E-state index contributed by atoms with van der Waals surface area (Å²) in [4.78, 5) is 0. The minimum Gasteiger partial charge on any atom is -0.248 e. The molecule has 3 aromatic carbocycles. The van der Waals surface area contributed by atoms with Gasteiger partial charge in [0.05, 0.1) is 0 Å². The van der Waals surface area contributed by atoms with Crippen molar-refractivity contribution in [1.82, 2.24) is 10.0 Å². The lowest BCUT2D eigenvalue weighted by Gasteiger charge is -2.33. The Balaban J connectivity index is 1.75. The molecule has 0 heterocycles. The first-order chi connectivity index (χ1) is 13.2. The maximum Gasteiger partial charge on any atom is 0.0384 e. The highest BCUT2D eigenvalue weighted by molar-refractivity contribution is 5.19. The van der Waals surface area contributed by atoms with Crippen LogP contribution in [0.3, 0.4) is 0 Å². The number of rotatable bonds is 9. The molecule has 2 nitrogen and oxygen atoms in total. The molecule has 0 aromatic heterocycles. The fourth-order valence-electron chi connectivity index (χ4n) is 3.56. The van der Waals surface area contributed by atoms with E-state index in [2.05, 4.69) is 115 Å². The normalized spacial score (nSPS) is 11.4. The standard InChI is InChI=1S/C25H30N2/c1-26(2)27(20-24-16-10-5-11-17-24)21-25(18-22-12-6-3-7-13-22)19-23-14-8-4-9-15-23/h3-17,25H,18-21H2,1-2H3. The van der Waals surface area contributed by atoms with Crippen molar-refractivity contribution in [1.29, 1.82) is 0 Å². The van der Waals surface area contributed by atoms with Crippen LogP contribution in [0.5, 0.6) is 0 Å². The molecule has 0 bridgehead atoms. The maximum absolute atomic E-state index is 2.45. The van der Waals surface area contributed by atoms with Gasteiger partial charge in [0.1, 0.15) is 0 Å². The molecule has 0 radical (unpaired) electrons. The topological polar surface area (TPSA) is 6.48 Å². The Morgan fingerprint density at radius 1 is 0.593 bits per heavy atom. The van der Waals surface area contributed by atoms with Gasteiger partial charge in [-0.2, -0.15) is 0 Å². The zero-order valence-corrected chi connectivity index (χ0v) is 16.5. The Bertz CT molecular complexity index is 728. The number of hydrazine groups is 1. The molecule has 27 heavy (non-hydrogen) atoms. The van der Waals surface area contributed by atoms with E-state index in [0.29, 0.717) is 5.92 Å². The van der Waals surface area contributed by atoms with Crippen LogP contribution < -0.4 is 0 Å². The van der Waals surface area contributed by atoms with Crippen molar-refractivity contribution in [3.63, 3.8) is 0 Å². The van der Waals surface area contributed by atoms with Crippen molar-refractivity contribution >= 4 is 0 Å². The molecule has 0 N–H and O–H groups in total. The van der Waals surface area contributed by atoms with E-state index < -0.39 is 0 Å². The van der Waals surface area contributed by atoms with Crippen molar-refractivity contribution in [3.8, 4) is 0 Å². The summed E-state index contributed by atoms with van der Waals surface area (Å²) in [7, 11) is 4.29. The quantitative estimate of drug-likeness (QED) is 0.493. The molecular weight excluding hydrogens is 328 g/mol. The van der Waals surface area contributed by atoms with Gasteiger partial charge in [0.25, 0.3) is 0 Å². The lowest BCUT2D eigenvalue weighted by Crippen LogP contribution is -2.40. The van der Waals surface area contributed by atoms with E-state index in [9.17, 15) is 0 Å². The van der Waals surface area contributed by atoms with Gasteiger partial charge in [0.15, 0.2) is 0 Å². The van der Waals surface area contributed by atoms with Crippen LogP contribution in [0, 0.1) is 5.92 Å². The zero-order chi connectivity index (χ0) is 18.9. The highest BCUT2D eigenvalue weighted by Gasteiger charge is 2.17. The number of benzene rings is 3. The van der Waals surface area contributed by atoms with E-state index in [-0.39, 0.29) is 0 Å². The number of nitrogens with zero attached hydrogens (tertiary/aromatic N) is 2. The monoisotopic (exact) mass is 358 g/mol. The van der Waals surface area contributed by atoms with Crippen LogP contribution in [0.25, 0.3) is 0 Å². The molecule has 0 amide bonds. The van der Waals surface area contributed by atoms with Gasteiger partial charge in [-0.05, 0) is 35.4 Å². The molecule has 0 spiro atoms. The first-order valence-corrected chi connectivity index (χ1v) is 9.74. The molecule has 0 fully saturated rings. The first-order valence-electron chi connectivity index (χ1n) is 9.74. The molecule has 0 aliphatic carbocycles. The number of hydrogen-bond donors (Lipinski definition) is 0. The summed E-state index contributed by atoms with van der Waals surface area (Å²) in [5.74, 6) is 0.556. The summed E-state index contributed by atoms with van der Waals surface area (Å²) in [5, 5.41) is 4.68. The van der Waals surface area contributed by atoms with E-state index in [1.54, 1.807) is 0 Å². The Morgan fingerprint density at radius 2 is 1.00 bits per heavy atom. The average Bonchev–Trinajstić information content (AvgIpc) is 2.70. The van der Waals surface area contributed by atoms with Crippen molar-refractivity contribution < 1.29 is 0 Å². The summed E-state index contributed by atoms with van der Waals surface area (Å²) in [5.41, 5.74) is 4.18. The van der Waals surface area contributed by atoms with E-state index in [1.165, 1.54) is 16.7 Å². The van der Waals surface area contributed by atoms with Gasteiger partial charge in [-0.15, -0.1) is 0 Å². The van der Waals surface area contributed by atoms with E-state index >= 15 is 0 Å². The average molecular weight is 359 g/mol. The summed E-state index contributed by atoms with van der Waals surface area (Å²) in [6.45, 7) is 1.97. The van der Waals surface area contributed by atoms with Gasteiger partial charge in [-0.3, -0.25) is 0 Å². The predicted molar refractivity (Wildman–Crippen MR) is 114 cm³/mol. The Labute approximate surface area is 164 Å². The van der Waals surface area contributed by atoms with Crippen LogP contribution >= 0.6 is 0 Å². The SMILES string of the molecule is CN(C)N(Cc1ccccc1)CC(Cc1ccccc1)Cc1ccccc1. The lowest BCUT2D eigenvalue weighted by molar-refractivity contribution is 0.000910. The fourth-order valence-corrected chi connectivity index (χ4v) is 3.56. The molecule has 0 saturated carbocycles. The smallest absolute Gasteiger partial charge is 0.0384 e. The van der Waals surface area contributed by atoms with Crippen LogP contribution in [0.15, 0.2) is 91.0 Å². The largest absolute Gasteiger partial charge is 0.248 e. The van der Waals surface area contributed by atoms with Crippen LogP contribution in [0.1, 0.15) is 16.7 Å². The molecule has 3 rings (SSSR count). The van der Waals surface area contributed by atoms with Gasteiger partial charge in [-0.25, -0.2) is 10.0 Å².